The summed E-state index contributed by atoms with van der Waals surface area (Å²) in [5.41, 5.74) is 3.90. The second kappa shape index (κ2) is 6.52. The molecule has 0 amide bonds. The topological polar surface area (TPSA) is 75.5 Å². The summed E-state index contributed by atoms with van der Waals surface area (Å²) in [5, 5.41) is 8.38. The highest BCUT2D eigenvalue weighted by Gasteiger charge is 2.20. The summed E-state index contributed by atoms with van der Waals surface area (Å²) < 4.78 is 17.9. The second-order valence-corrected chi connectivity index (χ2v) is 5.69. The lowest BCUT2D eigenvalue weighted by molar-refractivity contribution is -0.0171. The number of carbonyl (C=O) groups excluding carboxylic acids is 1. The summed E-state index contributed by atoms with van der Waals surface area (Å²) in [6, 6.07) is 11.3. The summed E-state index contributed by atoms with van der Waals surface area (Å²) in [6.07, 6.45) is 0. The monoisotopic (exact) mass is 339 g/mol. The number of hydrogen-bond donors (Lipinski definition) is 0. The van der Waals surface area contributed by atoms with Crippen LogP contribution in [0.25, 0.3) is 11.0 Å². The number of esters is 1. The third-order valence-corrected chi connectivity index (χ3v) is 4.04. The molecule has 7 heteroatoms. The zero-order valence-electron chi connectivity index (χ0n) is 13.8. The molecular formula is C18H17N3O4. The first-order valence-electron chi connectivity index (χ1n) is 8.08. The van der Waals surface area contributed by atoms with E-state index in [0.717, 1.165) is 27.9 Å². The smallest absolute Gasteiger partial charge is 0.338 e. The van der Waals surface area contributed by atoms with Gasteiger partial charge >= 0.3 is 5.97 Å². The lowest BCUT2D eigenvalue weighted by Crippen LogP contribution is -2.17. The van der Waals surface area contributed by atoms with E-state index in [9.17, 15) is 4.79 Å². The van der Waals surface area contributed by atoms with Crippen molar-refractivity contribution in [2.45, 2.75) is 20.1 Å². The Kier molecular flexibility index (Phi) is 4.07. The van der Waals surface area contributed by atoms with Crippen molar-refractivity contribution in [3.05, 3.63) is 53.1 Å². The molecular weight excluding hydrogens is 322 g/mol. The fourth-order valence-electron chi connectivity index (χ4n) is 2.94. The molecule has 0 saturated heterocycles. The number of para-hydroxylation sites is 1. The van der Waals surface area contributed by atoms with Crippen LogP contribution in [-0.4, -0.2) is 34.4 Å². The summed E-state index contributed by atoms with van der Waals surface area (Å²) in [5.74, 6) is 0.374. The third-order valence-electron chi connectivity index (χ3n) is 4.04. The molecule has 0 aliphatic carbocycles. The van der Waals surface area contributed by atoms with Gasteiger partial charge in [-0.05, 0) is 31.2 Å². The average Bonchev–Trinajstić information content (AvgIpc) is 3.05. The van der Waals surface area contributed by atoms with Gasteiger partial charge in [0.2, 0.25) is 0 Å². The maximum absolute atomic E-state index is 12.2. The number of fused-ring (bicyclic) bond motifs is 2. The van der Waals surface area contributed by atoms with Gasteiger partial charge in [-0.2, -0.15) is 0 Å². The van der Waals surface area contributed by atoms with Gasteiger partial charge in [-0.3, -0.25) is 0 Å². The van der Waals surface area contributed by atoms with Crippen LogP contribution in [0.5, 0.6) is 5.75 Å². The minimum atomic E-state index is -0.361. The standard InChI is InChI=1S/C18H17N3O4/c1-2-24-18(22)12-7-13(17-14(8-12)10-23-11-25-17)9-21-16-6-4-3-5-15(16)19-20-21/h3-8H,2,9-11H2,1H3. The Balaban J connectivity index is 1.77. The normalized spacial score (nSPS) is 13.3. The molecule has 0 radical (unpaired) electrons. The molecule has 0 N–H and O–H groups in total. The fraction of sp³-hybridized carbons (Fsp3) is 0.278. The number of rotatable bonds is 4. The van der Waals surface area contributed by atoms with Gasteiger partial charge in [0.25, 0.3) is 0 Å². The average molecular weight is 339 g/mol. The third kappa shape index (κ3) is 2.94. The van der Waals surface area contributed by atoms with Crippen molar-refractivity contribution in [2.24, 2.45) is 0 Å². The van der Waals surface area contributed by atoms with Crippen molar-refractivity contribution in [3.63, 3.8) is 0 Å². The van der Waals surface area contributed by atoms with Gasteiger partial charge in [0.1, 0.15) is 11.3 Å². The molecule has 1 aromatic heterocycles. The maximum atomic E-state index is 12.2. The predicted octanol–water partition coefficient (Wildman–Crippen LogP) is 2.52. The number of carbonyl (C=O) groups is 1. The molecule has 0 unspecified atom stereocenters. The van der Waals surface area contributed by atoms with E-state index in [1.165, 1.54) is 0 Å². The Labute approximate surface area is 144 Å². The Morgan fingerprint density at radius 2 is 2.20 bits per heavy atom. The lowest BCUT2D eigenvalue weighted by Gasteiger charge is -2.21. The van der Waals surface area contributed by atoms with Crippen molar-refractivity contribution in [1.82, 2.24) is 15.0 Å². The van der Waals surface area contributed by atoms with Crippen LogP contribution < -0.4 is 4.74 Å². The highest BCUT2D eigenvalue weighted by molar-refractivity contribution is 5.90. The van der Waals surface area contributed by atoms with E-state index in [1.54, 1.807) is 23.7 Å². The van der Waals surface area contributed by atoms with E-state index in [-0.39, 0.29) is 12.8 Å². The van der Waals surface area contributed by atoms with E-state index in [0.29, 0.717) is 25.3 Å². The van der Waals surface area contributed by atoms with E-state index < -0.39 is 0 Å². The quantitative estimate of drug-likeness (QED) is 0.680. The Morgan fingerprint density at radius 3 is 3.08 bits per heavy atom. The van der Waals surface area contributed by atoms with Crippen molar-refractivity contribution in [3.8, 4) is 5.75 Å². The van der Waals surface area contributed by atoms with E-state index >= 15 is 0 Å². The van der Waals surface area contributed by atoms with Gasteiger partial charge < -0.3 is 14.2 Å². The molecule has 128 valence electrons. The Morgan fingerprint density at radius 1 is 1.32 bits per heavy atom. The first kappa shape index (κ1) is 15.6. The van der Waals surface area contributed by atoms with Gasteiger partial charge in [0, 0.05) is 11.1 Å². The van der Waals surface area contributed by atoms with Crippen molar-refractivity contribution in [2.75, 3.05) is 13.4 Å². The van der Waals surface area contributed by atoms with Crippen LogP contribution in [0.1, 0.15) is 28.4 Å². The largest absolute Gasteiger partial charge is 0.467 e. The molecule has 25 heavy (non-hydrogen) atoms. The SMILES string of the molecule is CCOC(=O)c1cc2c(c(Cn3nnc4ccccc43)c1)OCOC2. The minimum absolute atomic E-state index is 0.191. The Hall–Kier alpha value is -2.93. The number of ether oxygens (including phenoxy) is 3. The Bertz CT molecular complexity index is 935. The highest BCUT2D eigenvalue weighted by atomic mass is 16.7. The highest BCUT2D eigenvalue weighted by Crippen LogP contribution is 2.31. The molecule has 1 aliphatic rings. The van der Waals surface area contributed by atoms with E-state index in [4.69, 9.17) is 14.2 Å². The fourth-order valence-corrected chi connectivity index (χ4v) is 2.94. The lowest BCUT2D eigenvalue weighted by atomic mass is 10.0. The molecule has 7 nitrogen and oxygen atoms in total. The molecule has 4 rings (SSSR count). The summed E-state index contributed by atoms with van der Waals surface area (Å²) in [4.78, 5) is 12.2. The van der Waals surface area contributed by atoms with Crippen LogP contribution in [0, 0.1) is 0 Å². The molecule has 0 saturated carbocycles. The van der Waals surface area contributed by atoms with Crippen LogP contribution in [0.3, 0.4) is 0 Å². The molecule has 0 atom stereocenters. The predicted molar refractivity (Wildman–Crippen MR) is 89.3 cm³/mol. The second-order valence-electron chi connectivity index (χ2n) is 5.69. The number of hydrogen-bond acceptors (Lipinski definition) is 6. The zero-order chi connectivity index (χ0) is 17.2. The van der Waals surface area contributed by atoms with Crippen LogP contribution in [-0.2, 0) is 22.6 Å². The van der Waals surface area contributed by atoms with Crippen molar-refractivity contribution >= 4 is 17.0 Å². The number of nitrogens with zero attached hydrogens (tertiary/aromatic N) is 3. The minimum Gasteiger partial charge on any atom is -0.467 e. The first-order valence-corrected chi connectivity index (χ1v) is 8.08. The van der Waals surface area contributed by atoms with E-state index in [1.807, 2.05) is 24.3 Å². The molecule has 0 bridgehead atoms. The number of benzene rings is 2. The van der Waals surface area contributed by atoms with Crippen LogP contribution in [0.2, 0.25) is 0 Å². The zero-order valence-corrected chi connectivity index (χ0v) is 13.8. The van der Waals surface area contributed by atoms with Crippen LogP contribution in [0.4, 0.5) is 0 Å². The van der Waals surface area contributed by atoms with E-state index in [2.05, 4.69) is 10.3 Å². The van der Waals surface area contributed by atoms with Gasteiger partial charge in [-0.1, -0.05) is 17.3 Å². The maximum Gasteiger partial charge on any atom is 0.338 e. The molecule has 2 aromatic carbocycles. The summed E-state index contributed by atoms with van der Waals surface area (Å²) in [7, 11) is 0. The van der Waals surface area contributed by atoms with Crippen LogP contribution >= 0.6 is 0 Å². The number of aromatic nitrogens is 3. The molecule has 3 aromatic rings. The van der Waals surface area contributed by atoms with Crippen molar-refractivity contribution < 1.29 is 19.0 Å². The van der Waals surface area contributed by atoms with Crippen LogP contribution in [0.15, 0.2) is 36.4 Å². The first-order chi connectivity index (χ1) is 12.3. The van der Waals surface area contributed by atoms with Gasteiger partial charge in [0.15, 0.2) is 6.79 Å². The summed E-state index contributed by atoms with van der Waals surface area (Å²) in [6.45, 7) is 3.14. The summed E-state index contributed by atoms with van der Waals surface area (Å²) >= 11 is 0. The molecule has 0 fully saturated rings. The molecule has 1 aliphatic heterocycles. The van der Waals surface area contributed by atoms with Gasteiger partial charge in [0.05, 0.1) is 30.8 Å². The molecule has 0 spiro atoms. The molecule has 2 heterocycles. The van der Waals surface area contributed by atoms with Crippen molar-refractivity contribution in [1.29, 1.82) is 0 Å². The van der Waals surface area contributed by atoms with Gasteiger partial charge in [-0.15, -0.1) is 5.10 Å². The van der Waals surface area contributed by atoms with Gasteiger partial charge in [-0.25, -0.2) is 9.48 Å².